The van der Waals surface area contributed by atoms with Crippen molar-refractivity contribution in [1.82, 2.24) is 9.78 Å². The van der Waals surface area contributed by atoms with Crippen LogP contribution >= 0.6 is 0 Å². The first-order chi connectivity index (χ1) is 6.03. The van der Waals surface area contributed by atoms with Gasteiger partial charge in [0.15, 0.2) is 0 Å². The molecule has 0 aliphatic heterocycles. The largest absolute Gasteiger partial charge is 0.368 e. The minimum atomic E-state index is -0.266. The SMILES string of the molecule is Cn1ccc(COC(C)(C)CN)n1. The van der Waals surface area contributed by atoms with Crippen molar-refractivity contribution in [2.45, 2.75) is 26.1 Å². The summed E-state index contributed by atoms with van der Waals surface area (Å²) < 4.78 is 7.34. The first kappa shape index (κ1) is 10.2. The number of nitrogens with zero attached hydrogens (tertiary/aromatic N) is 2. The second kappa shape index (κ2) is 3.89. The number of nitrogens with two attached hydrogens (primary N) is 1. The van der Waals surface area contributed by atoms with Crippen molar-refractivity contribution < 1.29 is 4.74 Å². The Hall–Kier alpha value is -0.870. The smallest absolute Gasteiger partial charge is 0.0914 e. The molecule has 4 nitrogen and oxygen atoms in total. The van der Waals surface area contributed by atoms with Crippen LogP contribution in [-0.4, -0.2) is 21.9 Å². The van der Waals surface area contributed by atoms with Crippen LogP contribution in [0.3, 0.4) is 0 Å². The van der Waals surface area contributed by atoms with E-state index in [1.54, 1.807) is 4.68 Å². The van der Waals surface area contributed by atoms with Crippen LogP contribution in [0.5, 0.6) is 0 Å². The minimum absolute atomic E-state index is 0.266. The van der Waals surface area contributed by atoms with Crippen molar-refractivity contribution in [1.29, 1.82) is 0 Å². The molecule has 0 spiro atoms. The third-order valence-corrected chi connectivity index (χ3v) is 1.87. The average Bonchev–Trinajstić information content (AvgIpc) is 2.48. The van der Waals surface area contributed by atoms with Gasteiger partial charge < -0.3 is 10.5 Å². The summed E-state index contributed by atoms with van der Waals surface area (Å²) in [5.74, 6) is 0. The van der Waals surface area contributed by atoms with Crippen molar-refractivity contribution in [2.75, 3.05) is 6.54 Å². The van der Waals surface area contributed by atoms with Crippen molar-refractivity contribution >= 4 is 0 Å². The molecule has 0 amide bonds. The highest BCUT2D eigenvalue weighted by Crippen LogP contribution is 2.09. The number of aryl methyl sites for hydroxylation is 1. The van der Waals surface area contributed by atoms with Gasteiger partial charge in [0.1, 0.15) is 0 Å². The predicted molar refractivity (Wildman–Crippen MR) is 51.1 cm³/mol. The highest BCUT2D eigenvalue weighted by atomic mass is 16.5. The first-order valence-corrected chi connectivity index (χ1v) is 4.36. The van der Waals surface area contributed by atoms with Crippen LogP contribution in [0.1, 0.15) is 19.5 Å². The Morgan fingerprint density at radius 2 is 2.31 bits per heavy atom. The maximum atomic E-state index is 5.58. The van der Waals surface area contributed by atoms with Gasteiger partial charge in [0.2, 0.25) is 0 Å². The minimum Gasteiger partial charge on any atom is -0.368 e. The quantitative estimate of drug-likeness (QED) is 0.746. The molecule has 0 radical (unpaired) electrons. The molecule has 0 bridgehead atoms. The number of aromatic nitrogens is 2. The summed E-state index contributed by atoms with van der Waals surface area (Å²) in [4.78, 5) is 0. The van der Waals surface area contributed by atoms with E-state index in [1.165, 1.54) is 0 Å². The molecule has 1 rings (SSSR count). The zero-order valence-corrected chi connectivity index (χ0v) is 8.45. The second-order valence-corrected chi connectivity index (χ2v) is 3.73. The van der Waals surface area contributed by atoms with E-state index in [0.29, 0.717) is 13.2 Å². The molecule has 1 aromatic rings. The molecule has 2 N–H and O–H groups in total. The van der Waals surface area contributed by atoms with Crippen molar-refractivity contribution in [3.05, 3.63) is 18.0 Å². The normalized spacial score (nSPS) is 12.0. The summed E-state index contributed by atoms with van der Waals surface area (Å²) in [6.45, 7) is 4.97. The lowest BCUT2D eigenvalue weighted by molar-refractivity contribution is -0.0238. The molecule has 4 heteroatoms. The summed E-state index contributed by atoms with van der Waals surface area (Å²) >= 11 is 0. The average molecular weight is 183 g/mol. The number of ether oxygens (including phenoxy) is 1. The summed E-state index contributed by atoms with van der Waals surface area (Å²) in [5.41, 5.74) is 6.19. The summed E-state index contributed by atoms with van der Waals surface area (Å²) in [5, 5.41) is 4.20. The lowest BCUT2D eigenvalue weighted by atomic mass is 10.1. The first-order valence-electron chi connectivity index (χ1n) is 4.36. The molecular weight excluding hydrogens is 166 g/mol. The number of rotatable bonds is 4. The molecule has 1 aromatic heterocycles. The van der Waals surface area contributed by atoms with Crippen LogP contribution in [0.2, 0.25) is 0 Å². The van der Waals surface area contributed by atoms with E-state index in [0.717, 1.165) is 5.69 Å². The molecule has 0 aliphatic carbocycles. The van der Waals surface area contributed by atoms with Gasteiger partial charge in [-0.1, -0.05) is 0 Å². The van der Waals surface area contributed by atoms with E-state index in [9.17, 15) is 0 Å². The number of hydrogen-bond donors (Lipinski definition) is 1. The molecule has 0 aliphatic rings. The van der Waals surface area contributed by atoms with E-state index in [-0.39, 0.29) is 5.60 Å². The predicted octanol–water partition coefficient (Wildman–Crippen LogP) is 0.674. The summed E-state index contributed by atoms with van der Waals surface area (Å²) in [6.07, 6.45) is 1.90. The molecule has 74 valence electrons. The lowest BCUT2D eigenvalue weighted by Gasteiger charge is -2.22. The van der Waals surface area contributed by atoms with E-state index in [4.69, 9.17) is 10.5 Å². The molecule has 0 atom stereocenters. The third-order valence-electron chi connectivity index (χ3n) is 1.87. The molecule has 1 heterocycles. The van der Waals surface area contributed by atoms with Crippen LogP contribution in [0.25, 0.3) is 0 Å². The van der Waals surface area contributed by atoms with Gasteiger partial charge in [0.25, 0.3) is 0 Å². The van der Waals surface area contributed by atoms with Crippen LogP contribution in [0.15, 0.2) is 12.3 Å². The molecule has 0 saturated carbocycles. The van der Waals surface area contributed by atoms with Crippen LogP contribution in [0, 0.1) is 0 Å². The summed E-state index contributed by atoms with van der Waals surface area (Å²) in [7, 11) is 1.89. The van der Waals surface area contributed by atoms with E-state index in [2.05, 4.69) is 5.10 Å². The Morgan fingerprint density at radius 3 is 2.77 bits per heavy atom. The van der Waals surface area contributed by atoms with Crippen molar-refractivity contribution in [2.24, 2.45) is 12.8 Å². The lowest BCUT2D eigenvalue weighted by Crippen LogP contribution is -2.33. The van der Waals surface area contributed by atoms with Crippen LogP contribution < -0.4 is 5.73 Å². The van der Waals surface area contributed by atoms with Gasteiger partial charge in [-0.2, -0.15) is 5.10 Å². The molecule has 0 saturated heterocycles. The van der Waals surface area contributed by atoms with Gasteiger partial charge >= 0.3 is 0 Å². The van der Waals surface area contributed by atoms with Gasteiger partial charge in [-0.3, -0.25) is 4.68 Å². The third kappa shape index (κ3) is 3.16. The van der Waals surface area contributed by atoms with Crippen LogP contribution in [-0.2, 0) is 18.4 Å². The second-order valence-electron chi connectivity index (χ2n) is 3.73. The Bertz CT molecular complexity index is 268. The van der Waals surface area contributed by atoms with Crippen LogP contribution in [0.4, 0.5) is 0 Å². The summed E-state index contributed by atoms with van der Waals surface area (Å²) in [6, 6.07) is 1.94. The molecule has 0 unspecified atom stereocenters. The molecular formula is C9H17N3O. The maximum Gasteiger partial charge on any atom is 0.0914 e. The van der Waals surface area contributed by atoms with E-state index < -0.39 is 0 Å². The van der Waals surface area contributed by atoms with Gasteiger partial charge in [0, 0.05) is 19.8 Å². The van der Waals surface area contributed by atoms with Crippen molar-refractivity contribution in [3.8, 4) is 0 Å². The molecule has 0 fully saturated rings. The molecule has 13 heavy (non-hydrogen) atoms. The number of hydrogen-bond acceptors (Lipinski definition) is 3. The Kier molecular flexibility index (Phi) is 3.06. The Balaban J connectivity index is 2.43. The van der Waals surface area contributed by atoms with E-state index in [1.807, 2.05) is 33.2 Å². The van der Waals surface area contributed by atoms with Gasteiger partial charge in [-0.15, -0.1) is 0 Å². The monoisotopic (exact) mass is 183 g/mol. The maximum absolute atomic E-state index is 5.58. The fourth-order valence-electron chi connectivity index (χ4n) is 0.868. The molecule has 0 aromatic carbocycles. The van der Waals surface area contributed by atoms with Gasteiger partial charge in [0.05, 0.1) is 17.9 Å². The standard InChI is InChI=1S/C9H17N3O/c1-9(2,7-10)13-6-8-4-5-12(3)11-8/h4-5H,6-7,10H2,1-3H3. The highest BCUT2D eigenvalue weighted by Gasteiger charge is 2.15. The van der Waals surface area contributed by atoms with Gasteiger partial charge in [-0.05, 0) is 19.9 Å². The van der Waals surface area contributed by atoms with E-state index >= 15 is 0 Å². The highest BCUT2D eigenvalue weighted by molar-refractivity contribution is 4.96. The fourth-order valence-corrected chi connectivity index (χ4v) is 0.868. The van der Waals surface area contributed by atoms with Crippen molar-refractivity contribution in [3.63, 3.8) is 0 Å². The zero-order valence-electron chi connectivity index (χ0n) is 8.45. The zero-order chi connectivity index (χ0) is 9.90. The Labute approximate surface area is 78.7 Å². The topological polar surface area (TPSA) is 53.1 Å². The Morgan fingerprint density at radius 1 is 1.62 bits per heavy atom. The fraction of sp³-hybridized carbons (Fsp3) is 0.667. The van der Waals surface area contributed by atoms with Gasteiger partial charge in [-0.25, -0.2) is 0 Å².